The molecule has 6 heteroatoms. The van der Waals surface area contributed by atoms with Gasteiger partial charge in [-0.25, -0.2) is 0 Å². The first-order valence-corrected chi connectivity index (χ1v) is 8.77. The molecule has 2 saturated heterocycles. The van der Waals surface area contributed by atoms with Crippen molar-refractivity contribution in [3.8, 4) is 0 Å². The van der Waals surface area contributed by atoms with Gasteiger partial charge in [0, 0.05) is 12.7 Å². The second-order valence-corrected chi connectivity index (χ2v) is 6.58. The van der Waals surface area contributed by atoms with E-state index in [-0.39, 0.29) is 24.2 Å². The monoisotopic (exact) mass is 342 g/mol. The molecule has 4 rings (SSSR count). The molecular weight excluding hydrogens is 320 g/mol. The summed E-state index contributed by atoms with van der Waals surface area (Å²) in [6.45, 7) is 1.80. The van der Waals surface area contributed by atoms with Gasteiger partial charge in [-0.05, 0) is 37.5 Å². The lowest BCUT2D eigenvalue weighted by Crippen LogP contribution is -2.45. The Morgan fingerprint density at radius 3 is 3.04 bits per heavy atom. The number of rotatable bonds is 5. The SMILES string of the molecule is O=C(c1ccoc1)N1CC[C@@H]2O[C@@H](COCc3ccccn3)CC[C@@H]21. The van der Waals surface area contributed by atoms with Crippen LogP contribution in [0.5, 0.6) is 0 Å². The summed E-state index contributed by atoms with van der Waals surface area (Å²) in [6, 6.07) is 7.68. The third-order valence-corrected chi connectivity index (χ3v) is 4.94. The summed E-state index contributed by atoms with van der Waals surface area (Å²) in [7, 11) is 0. The molecule has 2 aromatic heterocycles. The number of amides is 1. The van der Waals surface area contributed by atoms with Crippen molar-refractivity contribution in [2.45, 2.75) is 44.1 Å². The molecule has 0 saturated carbocycles. The zero-order chi connectivity index (χ0) is 17.1. The van der Waals surface area contributed by atoms with Gasteiger partial charge >= 0.3 is 0 Å². The van der Waals surface area contributed by atoms with Gasteiger partial charge in [-0.2, -0.15) is 0 Å². The molecule has 2 aromatic rings. The molecule has 2 fully saturated rings. The number of carbonyl (C=O) groups excluding carboxylic acids is 1. The van der Waals surface area contributed by atoms with Crippen molar-refractivity contribution >= 4 is 5.91 Å². The van der Waals surface area contributed by atoms with E-state index in [4.69, 9.17) is 13.9 Å². The normalized spacial score (nSPS) is 25.8. The molecule has 1 amide bonds. The average Bonchev–Trinajstić information content (AvgIpc) is 3.32. The molecule has 6 nitrogen and oxygen atoms in total. The highest BCUT2D eigenvalue weighted by atomic mass is 16.5. The number of ether oxygens (including phenoxy) is 2. The molecule has 4 heterocycles. The summed E-state index contributed by atoms with van der Waals surface area (Å²) in [5, 5.41) is 0. The first-order valence-electron chi connectivity index (χ1n) is 8.77. The number of furan rings is 1. The van der Waals surface area contributed by atoms with Gasteiger partial charge in [-0.15, -0.1) is 0 Å². The highest BCUT2D eigenvalue weighted by Gasteiger charge is 2.42. The lowest BCUT2D eigenvalue weighted by Gasteiger charge is -2.35. The van der Waals surface area contributed by atoms with E-state index in [0.29, 0.717) is 18.8 Å². The minimum absolute atomic E-state index is 0.0368. The van der Waals surface area contributed by atoms with Crippen molar-refractivity contribution in [1.29, 1.82) is 0 Å². The van der Waals surface area contributed by atoms with Gasteiger partial charge in [0.05, 0.1) is 49.0 Å². The molecule has 0 aromatic carbocycles. The van der Waals surface area contributed by atoms with Crippen molar-refractivity contribution in [3.63, 3.8) is 0 Å². The van der Waals surface area contributed by atoms with Gasteiger partial charge in [0.25, 0.3) is 5.91 Å². The van der Waals surface area contributed by atoms with Crippen LogP contribution in [0, 0.1) is 0 Å². The van der Waals surface area contributed by atoms with Crippen LogP contribution in [0.15, 0.2) is 47.4 Å². The number of pyridine rings is 1. The fraction of sp³-hybridized carbons (Fsp3) is 0.474. The Hall–Kier alpha value is -2.18. The van der Waals surface area contributed by atoms with Crippen LogP contribution in [-0.2, 0) is 16.1 Å². The largest absolute Gasteiger partial charge is 0.472 e. The highest BCUT2D eigenvalue weighted by Crippen LogP contribution is 2.32. The molecule has 0 bridgehead atoms. The van der Waals surface area contributed by atoms with Crippen molar-refractivity contribution < 1.29 is 18.7 Å². The number of hydrogen-bond acceptors (Lipinski definition) is 5. The molecule has 2 aliphatic heterocycles. The molecule has 25 heavy (non-hydrogen) atoms. The first kappa shape index (κ1) is 16.3. The number of likely N-dealkylation sites (tertiary alicyclic amines) is 1. The van der Waals surface area contributed by atoms with E-state index in [1.54, 1.807) is 12.3 Å². The van der Waals surface area contributed by atoms with Crippen molar-refractivity contribution in [1.82, 2.24) is 9.88 Å². The smallest absolute Gasteiger partial charge is 0.257 e. The molecule has 0 N–H and O–H groups in total. The second kappa shape index (κ2) is 7.37. The van der Waals surface area contributed by atoms with E-state index in [2.05, 4.69) is 4.98 Å². The average molecular weight is 342 g/mol. The lowest BCUT2D eigenvalue weighted by molar-refractivity contribution is -0.0990. The Morgan fingerprint density at radius 1 is 1.28 bits per heavy atom. The second-order valence-electron chi connectivity index (χ2n) is 6.58. The van der Waals surface area contributed by atoms with Crippen LogP contribution in [0.3, 0.4) is 0 Å². The van der Waals surface area contributed by atoms with Gasteiger partial charge in [0.1, 0.15) is 6.26 Å². The fourth-order valence-corrected chi connectivity index (χ4v) is 3.70. The fourth-order valence-electron chi connectivity index (χ4n) is 3.70. The van der Waals surface area contributed by atoms with Crippen molar-refractivity contribution in [2.75, 3.05) is 13.2 Å². The van der Waals surface area contributed by atoms with Gasteiger partial charge in [-0.3, -0.25) is 9.78 Å². The molecule has 0 radical (unpaired) electrons. The number of aromatic nitrogens is 1. The maximum atomic E-state index is 12.6. The van der Waals surface area contributed by atoms with Crippen molar-refractivity contribution in [3.05, 3.63) is 54.2 Å². The first-order chi connectivity index (χ1) is 12.3. The zero-order valence-corrected chi connectivity index (χ0v) is 14.0. The summed E-state index contributed by atoms with van der Waals surface area (Å²) >= 11 is 0. The van der Waals surface area contributed by atoms with E-state index >= 15 is 0 Å². The van der Waals surface area contributed by atoms with Gasteiger partial charge in [0.15, 0.2) is 0 Å². The predicted molar refractivity (Wildman–Crippen MR) is 89.9 cm³/mol. The molecule has 3 atom stereocenters. The topological polar surface area (TPSA) is 64.8 Å². The lowest BCUT2D eigenvalue weighted by atomic mass is 9.99. The minimum atomic E-state index is 0.0368. The Labute approximate surface area is 146 Å². The molecule has 0 spiro atoms. The van der Waals surface area contributed by atoms with E-state index in [0.717, 1.165) is 31.5 Å². The van der Waals surface area contributed by atoms with Crippen LogP contribution in [-0.4, -0.2) is 47.2 Å². The van der Waals surface area contributed by atoms with Gasteiger partial charge < -0.3 is 18.8 Å². The predicted octanol–water partition coefficient (Wildman–Crippen LogP) is 2.65. The molecule has 0 unspecified atom stereocenters. The number of nitrogens with zero attached hydrogens (tertiary/aromatic N) is 2. The van der Waals surface area contributed by atoms with Crippen LogP contribution < -0.4 is 0 Å². The Kier molecular flexibility index (Phi) is 4.81. The Bertz CT molecular complexity index is 689. The van der Waals surface area contributed by atoms with E-state index < -0.39 is 0 Å². The molecule has 2 aliphatic rings. The number of hydrogen-bond donors (Lipinski definition) is 0. The molecule has 0 aliphatic carbocycles. The van der Waals surface area contributed by atoms with Crippen LogP contribution >= 0.6 is 0 Å². The molecule has 132 valence electrons. The summed E-state index contributed by atoms with van der Waals surface area (Å²) in [5.74, 6) is 0.0368. The summed E-state index contributed by atoms with van der Waals surface area (Å²) in [5.41, 5.74) is 1.54. The van der Waals surface area contributed by atoms with Gasteiger partial charge in [0.2, 0.25) is 0 Å². The standard InChI is InChI=1S/C19H22N2O4/c22-19(14-7-10-23-11-14)21-9-6-18-17(21)5-4-16(25-18)13-24-12-15-3-1-2-8-20-15/h1-3,7-8,10-11,16-18H,4-6,9,12-13H2/t16-,17+,18+/m1/s1. The third kappa shape index (κ3) is 3.60. The van der Waals surface area contributed by atoms with Crippen molar-refractivity contribution in [2.24, 2.45) is 0 Å². The summed E-state index contributed by atoms with van der Waals surface area (Å²) < 4.78 is 17.0. The number of fused-ring (bicyclic) bond motifs is 1. The quantitative estimate of drug-likeness (QED) is 0.836. The van der Waals surface area contributed by atoms with E-state index in [9.17, 15) is 4.79 Å². The molecular formula is C19H22N2O4. The summed E-state index contributed by atoms with van der Waals surface area (Å²) in [4.78, 5) is 18.7. The third-order valence-electron chi connectivity index (χ3n) is 4.94. The summed E-state index contributed by atoms with van der Waals surface area (Å²) in [6.07, 6.45) is 7.74. The Balaban J connectivity index is 1.27. The van der Waals surface area contributed by atoms with E-state index in [1.165, 1.54) is 12.5 Å². The van der Waals surface area contributed by atoms with Crippen LogP contribution in [0.4, 0.5) is 0 Å². The zero-order valence-electron chi connectivity index (χ0n) is 14.0. The maximum Gasteiger partial charge on any atom is 0.257 e. The van der Waals surface area contributed by atoms with Crippen LogP contribution in [0.25, 0.3) is 0 Å². The van der Waals surface area contributed by atoms with Crippen LogP contribution in [0.2, 0.25) is 0 Å². The Morgan fingerprint density at radius 2 is 2.24 bits per heavy atom. The number of carbonyl (C=O) groups is 1. The van der Waals surface area contributed by atoms with Crippen LogP contribution in [0.1, 0.15) is 35.3 Å². The minimum Gasteiger partial charge on any atom is -0.472 e. The van der Waals surface area contributed by atoms with Gasteiger partial charge in [-0.1, -0.05) is 6.07 Å². The van der Waals surface area contributed by atoms with E-state index in [1.807, 2.05) is 23.1 Å². The maximum absolute atomic E-state index is 12.6. The highest BCUT2D eigenvalue weighted by molar-refractivity contribution is 5.94.